The van der Waals surface area contributed by atoms with Gasteiger partial charge >= 0.3 is 0 Å². The Balaban J connectivity index is 2.27. The van der Waals surface area contributed by atoms with Gasteiger partial charge in [0.2, 0.25) is 0 Å². The van der Waals surface area contributed by atoms with Gasteiger partial charge in [-0.1, -0.05) is 36.6 Å². The first-order valence-corrected chi connectivity index (χ1v) is 5.14. The molecular formula is C12H18. The number of fused-ring (bicyclic) bond motifs is 2. The summed E-state index contributed by atoms with van der Waals surface area (Å²) < 4.78 is 0. The van der Waals surface area contributed by atoms with Crippen LogP contribution in [0.3, 0.4) is 0 Å². The average Bonchev–Trinajstić information content (AvgIpc) is 2.13. The van der Waals surface area contributed by atoms with E-state index in [-0.39, 0.29) is 0 Å². The molecule has 2 rings (SSSR count). The van der Waals surface area contributed by atoms with Crippen LogP contribution in [-0.2, 0) is 0 Å². The van der Waals surface area contributed by atoms with Crippen molar-refractivity contribution in [3.8, 4) is 0 Å². The lowest BCUT2D eigenvalue weighted by Gasteiger charge is -2.19. The molecule has 1 fully saturated rings. The molecule has 0 heterocycles. The predicted molar refractivity (Wildman–Crippen MR) is 53.0 cm³/mol. The minimum Gasteiger partial charge on any atom is -0.0782 e. The van der Waals surface area contributed by atoms with E-state index < -0.39 is 0 Å². The van der Waals surface area contributed by atoms with E-state index in [0.29, 0.717) is 0 Å². The highest BCUT2D eigenvalue weighted by Gasteiger charge is 2.21. The maximum Gasteiger partial charge on any atom is -0.0190 e. The van der Waals surface area contributed by atoms with Crippen LogP contribution < -0.4 is 0 Å². The molecule has 0 aromatic carbocycles. The second-order valence-corrected chi connectivity index (χ2v) is 4.43. The summed E-state index contributed by atoms with van der Waals surface area (Å²) in [6, 6.07) is 0. The SMILES string of the molecule is CC1=CC2CCCC(C)C(=C1)C2. The molecule has 2 unspecified atom stereocenters. The molecule has 0 N–H and O–H groups in total. The molecule has 2 bridgehead atoms. The molecule has 2 atom stereocenters. The normalized spacial score (nSPS) is 35.2. The van der Waals surface area contributed by atoms with Crippen molar-refractivity contribution < 1.29 is 0 Å². The maximum absolute atomic E-state index is 2.46. The molecule has 0 amide bonds. The van der Waals surface area contributed by atoms with Gasteiger partial charge in [0.25, 0.3) is 0 Å². The van der Waals surface area contributed by atoms with Crippen LogP contribution >= 0.6 is 0 Å². The molecule has 0 aliphatic heterocycles. The van der Waals surface area contributed by atoms with Crippen molar-refractivity contribution in [1.82, 2.24) is 0 Å². The summed E-state index contributed by atoms with van der Waals surface area (Å²) in [7, 11) is 0. The van der Waals surface area contributed by atoms with Gasteiger partial charge in [-0.25, -0.2) is 0 Å². The molecule has 0 radical (unpaired) electrons. The van der Waals surface area contributed by atoms with E-state index in [1.54, 1.807) is 5.57 Å². The van der Waals surface area contributed by atoms with Gasteiger partial charge in [-0.2, -0.15) is 0 Å². The Morgan fingerprint density at radius 3 is 3.00 bits per heavy atom. The smallest absolute Gasteiger partial charge is 0.0190 e. The fraction of sp³-hybridized carbons (Fsp3) is 0.667. The first-order chi connectivity index (χ1) is 5.75. The largest absolute Gasteiger partial charge is 0.0782 e. The van der Waals surface area contributed by atoms with Crippen LogP contribution in [0.1, 0.15) is 39.5 Å². The van der Waals surface area contributed by atoms with Crippen LogP contribution in [0.25, 0.3) is 0 Å². The van der Waals surface area contributed by atoms with Crippen molar-refractivity contribution in [3.05, 3.63) is 23.3 Å². The van der Waals surface area contributed by atoms with Crippen LogP contribution in [-0.4, -0.2) is 0 Å². The number of allylic oxidation sites excluding steroid dienone is 4. The van der Waals surface area contributed by atoms with Gasteiger partial charge in [0.1, 0.15) is 0 Å². The third-order valence-corrected chi connectivity index (χ3v) is 3.25. The van der Waals surface area contributed by atoms with Crippen molar-refractivity contribution in [2.75, 3.05) is 0 Å². The van der Waals surface area contributed by atoms with Crippen molar-refractivity contribution in [2.45, 2.75) is 39.5 Å². The standard InChI is InChI=1S/C12H18/c1-9-6-11-5-3-4-10(2)12(7-9)8-11/h6-7,10-11H,3-5,8H2,1-2H3. The summed E-state index contributed by atoms with van der Waals surface area (Å²) in [6.45, 7) is 4.62. The molecule has 0 heteroatoms. The third kappa shape index (κ3) is 1.48. The number of hydrogen-bond acceptors (Lipinski definition) is 0. The molecule has 66 valence electrons. The Hall–Kier alpha value is -0.520. The highest BCUT2D eigenvalue weighted by Crippen LogP contribution is 2.36. The minimum atomic E-state index is 0.846. The zero-order chi connectivity index (χ0) is 8.55. The first-order valence-electron chi connectivity index (χ1n) is 5.14. The lowest BCUT2D eigenvalue weighted by molar-refractivity contribution is 0.569. The molecule has 0 aromatic rings. The van der Waals surface area contributed by atoms with Crippen molar-refractivity contribution in [3.63, 3.8) is 0 Å². The molecule has 0 nitrogen and oxygen atoms in total. The summed E-state index contributed by atoms with van der Waals surface area (Å²) in [5.41, 5.74) is 3.20. The van der Waals surface area contributed by atoms with Crippen LogP contribution in [0, 0.1) is 11.8 Å². The molecule has 2 aliphatic rings. The monoisotopic (exact) mass is 162 g/mol. The van der Waals surface area contributed by atoms with Gasteiger partial charge in [0.15, 0.2) is 0 Å². The van der Waals surface area contributed by atoms with Crippen LogP contribution in [0.5, 0.6) is 0 Å². The highest BCUT2D eigenvalue weighted by molar-refractivity contribution is 5.29. The van der Waals surface area contributed by atoms with Gasteiger partial charge in [0, 0.05) is 0 Å². The Morgan fingerprint density at radius 1 is 1.33 bits per heavy atom. The summed E-state index contributed by atoms with van der Waals surface area (Å²) >= 11 is 0. The van der Waals surface area contributed by atoms with E-state index in [2.05, 4.69) is 26.0 Å². The zero-order valence-corrected chi connectivity index (χ0v) is 8.14. The fourth-order valence-corrected chi connectivity index (χ4v) is 2.53. The fourth-order valence-electron chi connectivity index (χ4n) is 2.53. The summed E-state index contributed by atoms with van der Waals surface area (Å²) in [6.07, 6.45) is 10.5. The van der Waals surface area contributed by atoms with E-state index in [4.69, 9.17) is 0 Å². The van der Waals surface area contributed by atoms with E-state index in [1.807, 2.05) is 0 Å². The zero-order valence-electron chi connectivity index (χ0n) is 8.14. The molecule has 0 aromatic heterocycles. The van der Waals surface area contributed by atoms with Crippen molar-refractivity contribution in [1.29, 1.82) is 0 Å². The van der Waals surface area contributed by atoms with E-state index in [1.165, 1.54) is 31.3 Å². The quantitative estimate of drug-likeness (QED) is 0.509. The summed E-state index contributed by atoms with van der Waals surface area (Å²) in [4.78, 5) is 0. The van der Waals surface area contributed by atoms with Crippen LogP contribution in [0.2, 0.25) is 0 Å². The van der Waals surface area contributed by atoms with Gasteiger partial charge in [-0.15, -0.1) is 0 Å². The van der Waals surface area contributed by atoms with Crippen molar-refractivity contribution in [2.24, 2.45) is 11.8 Å². The Kier molecular flexibility index (Phi) is 2.08. The predicted octanol–water partition coefficient (Wildman–Crippen LogP) is 3.70. The molecule has 0 saturated heterocycles. The molecule has 12 heavy (non-hydrogen) atoms. The van der Waals surface area contributed by atoms with Gasteiger partial charge < -0.3 is 0 Å². The lowest BCUT2D eigenvalue weighted by Crippen LogP contribution is -2.04. The van der Waals surface area contributed by atoms with E-state index in [9.17, 15) is 0 Å². The highest BCUT2D eigenvalue weighted by atomic mass is 14.3. The summed E-state index contributed by atoms with van der Waals surface area (Å²) in [5, 5.41) is 0. The minimum absolute atomic E-state index is 0.846. The molecule has 2 aliphatic carbocycles. The van der Waals surface area contributed by atoms with Gasteiger partial charge in [-0.3, -0.25) is 0 Å². The lowest BCUT2D eigenvalue weighted by atomic mass is 9.86. The average molecular weight is 162 g/mol. The van der Waals surface area contributed by atoms with Crippen LogP contribution in [0.4, 0.5) is 0 Å². The van der Waals surface area contributed by atoms with E-state index in [0.717, 1.165) is 11.8 Å². The van der Waals surface area contributed by atoms with Gasteiger partial charge in [-0.05, 0) is 38.0 Å². The second-order valence-electron chi connectivity index (χ2n) is 4.43. The topological polar surface area (TPSA) is 0 Å². The third-order valence-electron chi connectivity index (χ3n) is 3.25. The number of hydrogen-bond donors (Lipinski definition) is 0. The molecule has 1 saturated carbocycles. The Labute approximate surface area is 75.4 Å². The maximum atomic E-state index is 2.46. The van der Waals surface area contributed by atoms with Crippen LogP contribution in [0.15, 0.2) is 23.3 Å². The van der Waals surface area contributed by atoms with Crippen molar-refractivity contribution >= 4 is 0 Å². The summed E-state index contributed by atoms with van der Waals surface area (Å²) in [5.74, 6) is 1.72. The Morgan fingerprint density at radius 2 is 2.17 bits per heavy atom. The second kappa shape index (κ2) is 3.08. The first kappa shape index (κ1) is 8.10. The Bertz CT molecular complexity index is 232. The molecular weight excluding hydrogens is 144 g/mol. The van der Waals surface area contributed by atoms with E-state index >= 15 is 0 Å². The number of rotatable bonds is 0. The molecule has 0 spiro atoms. The van der Waals surface area contributed by atoms with Gasteiger partial charge in [0.05, 0.1) is 0 Å².